The van der Waals surface area contributed by atoms with Crippen LogP contribution in [-0.2, 0) is 0 Å². The van der Waals surface area contributed by atoms with Gasteiger partial charge < -0.3 is 10.5 Å². The van der Waals surface area contributed by atoms with Gasteiger partial charge in [-0.25, -0.2) is 0 Å². The second-order valence-electron chi connectivity index (χ2n) is 3.49. The average molecular weight is 249 g/mol. The maximum Gasteiger partial charge on any atom is 0.446 e. The minimum absolute atomic E-state index is 0.136. The first-order chi connectivity index (χ1) is 7.46. The molecule has 16 heavy (non-hydrogen) atoms. The van der Waals surface area contributed by atoms with Gasteiger partial charge in [-0.05, 0) is 30.0 Å². The summed E-state index contributed by atoms with van der Waals surface area (Å²) in [6.45, 7) is 0.514. The first-order valence-electron chi connectivity index (χ1n) is 4.74. The Morgan fingerprint density at radius 3 is 2.81 bits per heavy atom. The quantitative estimate of drug-likeness (QED) is 0.777. The number of rotatable bonds is 1. The second-order valence-corrected chi connectivity index (χ2v) is 4.63. The van der Waals surface area contributed by atoms with Crippen LogP contribution in [0.4, 0.5) is 13.2 Å². The third-order valence-electron chi connectivity index (χ3n) is 2.30. The zero-order valence-electron chi connectivity index (χ0n) is 8.25. The van der Waals surface area contributed by atoms with E-state index in [1.807, 2.05) is 0 Å². The van der Waals surface area contributed by atoms with E-state index in [4.69, 9.17) is 10.5 Å². The van der Waals surface area contributed by atoms with E-state index in [2.05, 4.69) is 0 Å². The van der Waals surface area contributed by atoms with Gasteiger partial charge in [0, 0.05) is 22.9 Å². The molecule has 2 nitrogen and oxygen atoms in total. The molecule has 0 aromatic heterocycles. The van der Waals surface area contributed by atoms with Crippen molar-refractivity contribution in [3.63, 3.8) is 0 Å². The van der Waals surface area contributed by atoms with Gasteiger partial charge in [-0.2, -0.15) is 13.2 Å². The van der Waals surface area contributed by atoms with E-state index in [1.165, 1.54) is 12.1 Å². The Morgan fingerprint density at radius 2 is 2.12 bits per heavy atom. The van der Waals surface area contributed by atoms with Gasteiger partial charge in [-0.1, -0.05) is 0 Å². The summed E-state index contributed by atoms with van der Waals surface area (Å²) >= 11 is -0.136. The molecule has 1 aliphatic heterocycles. The third-order valence-corrected chi connectivity index (χ3v) is 3.02. The van der Waals surface area contributed by atoms with E-state index in [9.17, 15) is 13.2 Å². The van der Waals surface area contributed by atoms with Gasteiger partial charge in [-0.15, -0.1) is 0 Å². The van der Waals surface area contributed by atoms with E-state index < -0.39 is 5.51 Å². The first kappa shape index (κ1) is 11.6. The molecule has 0 radical (unpaired) electrons. The molecule has 2 N–H and O–H groups in total. The summed E-state index contributed by atoms with van der Waals surface area (Å²) in [7, 11) is 0. The fourth-order valence-electron chi connectivity index (χ4n) is 1.60. The Morgan fingerprint density at radius 1 is 1.38 bits per heavy atom. The number of hydrogen-bond acceptors (Lipinski definition) is 3. The molecule has 0 amide bonds. The smallest absolute Gasteiger partial charge is 0.446 e. The van der Waals surface area contributed by atoms with Crippen molar-refractivity contribution in [2.45, 2.75) is 22.9 Å². The minimum atomic E-state index is -4.27. The molecular formula is C10H10F3NOS. The molecule has 1 atom stereocenters. The summed E-state index contributed by atoms with van der Waals surface area (Å²) in [4.78, 5) is 0.146. The SMILES string of the molecule is N[C@H]1CCOc2ccc(SC(F)(F)F)cc21. The van der Waals surface area contributed by atoms with Crippen LogP contribution in [0.3, 0.4) is 0 Å². The molecule has 1 heterocycles. The molecule has 1 aromatic carbocycles. The van der Waals surface area contributed by atoms with Crippen molar-refractivity contribution in [2.75, 3.05) is 6.61 Å². The highest BCUT2D eigenvalue weighted by Gasteiger charge is 2.30. The highest BCUT2D eigenvalue weighted by molar-refractivity contribution is 8.00. The number of halogens is 3. The largest absolute Gasteiger partial charge is 0.493 e. The van der Waals surface area contributed by atoms with Gasteiger partial charge in [0.15, 0.2) is 0 Å². The van der Waals surface area contributed by atoms with Crippen molar-refractivity contribution >= 4 is 11.8 Å². The Balaban J connectivity index is 2.27. The Labute approximate surface area is 95.0 Å². The Bertz CT molecular complexity index is 394. The fraction of sp³-hybridized carbons (Fsp3) is 0.400. The topological polar surface area (TPSA) is 35.2 Å². The highest BCUT2D eigenvalue weighted by atomic mass is 32.2. The Hall–Kier alpha value is -0.880. The predicted molar refractivity (Wildman–Crippen MR) is 55.4 cm³/mol. The van der Waals surface area contributed by atoms with E-state index in [0.29, 0.717) is 24.3 Å². The molecule has 1 aliphatic rings. The fourth-order valence-corrected chi connectivity index (χ4v) is 2.19. The summed E-state index contributed by atoms with van der Waals surface area (Å²) in [5, 5.41) is 0. The lowest BCUT2D eigenvalue weighted by atomic mass is 10.0. The number of fused-ring (bicyclic) bond motifs is 1. The summed E-state index contributed by atoms with van der Waals surface area (Å²) in [5.41, 5.74) is 2.19. The number of hydrogen-bond donors (Lipinski definition) is 1. The van der Waals surface area contributed by atoms with Crippen molar-refractivity contribution in [3.8, 4) is 5.75 Å². The zero-order valence-corrected chi connectivity index (χ0v) is 9.07. The van der Waals surface area contributed by atoms with Crippen molar-refractivity contribution in [1.82, 2.24) is 0 Å². The zero-order chi connectivity index (χ0) is 11.8. The van der Waals surface area contributed by atoms with Gasteiger partial charge in [-0.3, -0.25) is 0 Å². The van der Waals surface area contributed by atoms with Crippen LogP contribution in [0.2, 0.25) is 0 Å². The first-order valence-corrected chi connectivity index (χ1v) is 5.55. The van der Waals surface area contributed by atoms with E-state index in [0.717, 1.165) is 0 Å². The molecular weight excluding hydrogens is 239 g/mol. The van der Waals surface area contributed by atoms with Crippen LogP contribution in [0, 0.1) is 0 Å². The third kappa shape index (κ3) is 2.62. The van der Waals surface area contributed by atoms with Crippen LogP contribution in [0.15, 0.2) is 23.1 Å². The molecule has 0 saturated carbocycles. The Kier molecular flexibility index (Phi) is 3.03. The van der Waals surface area contributed by atoms with Gasteiger partial charge >= 0.3 is 5.51 Å². The molecule has 88 valence electrons. The van der Waals surface area contributed by atoms with E-state index in [-0.39, 0.29) is 22.7 Å². The maximum absolute atomic E-state index is 12.2. The second kappa shape index (κ2) is 4.18. The molecule has 1 aromatic rings. The highest BCUT2D eigenvalue weighted by Crippen LogP contribution is 2.40. The minimum Gasteiger partial charge on any atom is -0.493 e. The lowest BCUT2D eigenvalue weighted by molar-refractivity contribution is -0.0328. The van der Waals surface area contributed by atoms with Crippen molar-refractivity contribution in [2.24, 2.45) is 5.73 Å². The summed E-state index contributed by atoms with van der Waals surface area (Å²) < 4.78 is 41.8. The maximum atomic E-state index is 12.2. The molecule has 0 saturated heterocycles. The lowest BCUT2D eigenvalue weighted by Crippen LogP contribution is -2.20. The van der Waals surface area contributed by atoms with Gasteiger partial charge in [0.2, 0.25) is 0 Å². The van der Waals surface area contributed by atoms with Gasteiger partial charge in [0.1, 0.15) is 5.75 Å². The molecule has 0 spiro atoms. The molecule has 0 fully saturated rings. The molecule has 0 aliphatic carbocycles. The van der Waals surface area contributed by atoms with Crippen LogP contribution < -0.4 is 10.5 Å². The summed E-state index contributed by atoms with van der Waals surface area (Å²) in [6.07, 6.45) is 0.632. The van der Waals surface area contributed by atoms with Crippen molar-refractivity contribution < 1.29 is 17.9 Å². The molecule has 2 rings (SSSR count). The van der Waals surface area contributed by atoms with Crippen LogP contribution in [0.5, 0.6) is 5.75 Å². The normalized spacial score (nSPS) is 20.1. The van der Waals surface area contributed by atoms with Crippen LogP contribution in [0.25, 0.3) is 0 Å². The summed E-state index contributed by atoms with van der Waals surface area (Å²) in [5.74, 6) is 0.588. The molecule has 0 unspecified atom stereocenters. The molecule has 0 bridgehead atoms. The monoisotopic (exact) mass is 249 g/mol. The van der Waals surface area contributed by atoms with Crippen LogP contribution in [-0.4, -0.2) is 12.1 Å². The average Bonchev–Trinajstić information content (AvgIpc) is 2.17. The van der Waals surface area contributed by atoms with Crippen molar-refractivity contribution in [3.05, 3.63) is 23.8 Å². The standard InChI is InChI=1S/C10H10F3NOS/c11-10(12,13)16-6-1-2-9-7(5-6)8(14)3-4-15-9/h1-2,5,8H,3-4,14H2/t8-/m0/s1. The molecule has 6 heteroatoms. The predicted octanol–water partition coefficient (Wildman–Crippen LogP) is 3.08. The van der Waals surface area contributed by atoms with Gasteiger partial charge in [0.25, 0.3) is 0 Å². The number of benzene rings is 1. The summed E-state index contributed by atoms with van der Waals surface area (Å²) in [6, 6.07) is 4.16. The van der Waals surface area contributed by atoms with E-state index >= 15 is 0 Å². The lowest BCUT2D eigenvalue weighted by Gasteiger charge is -2.23. The number of alkyl halides is 3. The number of ether oxygens (including phenoxy) is 1. The number of nitrogens with two attached hydrogens (primary N) is 1. The van der Waals surface area contributed by atoms with Crippen LogP contribution in [0.1, 0.15) is 18.0 Å². The number of thioether (sulfide) groups is 1. The van der Waals surface area contributed by atoms with Crippen LogP contribution >= 0.6 is 11.8 Å². The van der Waals surface area contributed by atoms with Crippen molar-refractivity contribution in [1.29, 1.82) is 0 Å². The van der Waals surface area contributed by atoms with Gasteiger partial charge in [0.05, 0.1) is 6.61 Å². The van der Waals surface area contributed by atoms with E-state index in [1.54, 1.807) is 6.07 Å².